The van der Waals surface area contributed by atoms with Crippen molar-refractivity contribution < 1.29 is 18.0 Å². The summed E-state index contributed by atoms with van der Waals surface area (Å²) in [4.78, 5) is 16.1. The second-order valence-corrected chi connectivity index (χ2v) is 11.5. The van der Waals surface area contributed by atoms with Crippen LogP contribution in [0.4, 0.5) is 19.0 Å². The van der Waals surface area contributed by atoms with Gasteiger partial charge in [-0.2, -0.15) is 18.3 Å². The number of hydrogen-bond donors (Lipinski definition) is 1. The van der Waals surface area contributed by atoms with E-state index in [1.54, 1.807) is 0 Å². The molecule has 1 amide bonds. The minimum atomic E-state index is -4.44. The molecule has 168 valence electrons. The molecule has 0 radical (unpaired) electrons. The molecule has 5 nitrogen and oxygen atoms in total. The van der Waals surface area contributed by atoms with Crippen molar-refractivity contribution >= 4 is 23.1 Å². The van der Waals surface area contributed by atoms with Gasteiger partial charge in [0, 0.05) is 30.0 Å². The number of thiophene rings is 1. The first kappa shape index (κ1) is 20.8. The average Bonchev–Trinajstić information content (AvgIpc) is 3.35. The van der Waals surface area contributed by atoms with Gasteiger partial charge in [0.25, 0.3) is 5.91 Å². The maximum atomic E-state index is 13.9. The molecule has 2 aliphatic heterocycles. The second-order valence-electron chi connectivity index (χ2n) is 10.5. The maximum Gasteiger partial charge on any atom is 0.410 e. The Morgan fingerprint density at radius 1 is 1.29 bits per heavy atom. The lowest BCUT2D eigenvalue weighted by Crippen LogP contribution is -2.38. The molecule has 4 atom stereocenters. The molecule has 9 heteroatoms. The summed E-state index contributed by atoms with van der Waals surface area (Å²) in [5.41, 5.74) is 0.299. The van der Waals surface area contributed by atoms with Crippen LogP contribution in [0.15, 0.2) is 23.6 Å². The summed E-state index contributed by atoms with van der Waals surface area (Å²) in [5, 5.41) is 9.21. The number of likely N-dealkylation sites (tertiary alicyclic amines) is 1. The Kier molecular flexibility index (Phi) is 4.53. The number of halogens is 3. The first-order valence-corrected chi connectivity index (χ1v) is 11.6. The number of nitrogens with one attached hydrogen (secondary N) is 1. The Hall–Kier alpha value is -2.03. The molecule has 1 saturated heterocycles. The van der Waals surface area contributed by atoms with Gasteiger partial charge in [-0.05, 0) is 41.5 Å². The van der Waals surface area contributed by atoms with Gasteiger partial charge in [-0.3, -0.25) is 4.79 Å². The number of carbonyl (C=O) groups excluding carboxylic acids is 1. The zero-order valence-corrected chi connectivity index (χ0v) is 18.7. The molecule has 4 heterocycles. The first-order valence-electron chi connectivity index (χ1n) is 10.7. The third-order valence-corrected chi connectivity index (χ3v) is 7.96. The standard InChI is InChI=1S/C22H27F3N4OS/c1-20(2)9-13-10-21(3,11-20)12-28(13)19(30)15-8-18-26-14(16-5-4-6-31-16)7-17(22(23,24)25)29(18)27-15/h4-6,8,13-14,17,26H,7,9-12H2,1-3H3/t13-,14-,17+,21-/m1/s1. The monoisotopic (exact) mass is 452 g/mol. The number of fused-ring (bicyclic) bond motifs is 3. The van der Waals surface area contributed by atoms with E-state index in [0.29, 0.717) is 6.54 Å². The van der Waals surface area contributed by atoms with Crippen molar-refractivity contribution in [2.24, 2.45) is 10.8 Å². The van der Waals surface area contributed by atoms with Gasteiger partial charge in [-0.25, -0.2) is 4.68 Å². The molecule has 2 bridgehead atoms. The Bertz CT molecular complexity index is 999. The quantitative estimate of drug-likeness (QED) is 0.641. The van der Waals surface area contributed by atoms with Gasteiger partial charge in [0.05, 0.1) is 6.04 Å². The fraction of sp³-hybridized carbons (Fsp3) is 0.636. The van der Waals surface area contributed by atoms with Crippen LogP contribution in [0.3, 0.4) is 0 Å². The zero-order valence-electron chi connectivity index (χ0n) is 17.9. The van der Waals surface area contributed by atoms with Crippen LogP contribution >= 0.6 is 11.3 Å². The Balaban J connectivity index is 1.46. The van der Waals surface area contributed by atoms with Crippen LogP contribution in [0, 0.1) is 10.8 Å². The largest absolute Gasteiger partial charge is 0.410 e. The fourth-order valence-electron chi connectivity index (χ4n) is 6.20. The van der Waals surface area contributed by atoms with Crippen LogP contribution in [0.2, 0.25) is 0 Å². The summed E-state index contributed by atoms with van der Waals surface area (Å²) in [6.45, 7) is 7.29. The maximum absolute atomic E-state index is 13.9. The van der Waals surface area contributed by atoms with Crippen LogP contribution < -0.4 is 5.32 Å². The molecule has 0 unspecified atom stereocenters. The summed E-state index contributed by atoms with van der Waals surface area (Å²) in [5.74, 6) is -0.00671. The molecule has 1 N–H and O–H groups in total. The predicted molar refractivity (Wildman–Crippen MR) is 113 cm³/mol. The van der Waals surface area contributed by atoms with Crippen LogP contribution in [0.1, 0.15) is 73.9 Å². The molecule has 0 spiro atoms. The Morgan fingerprint density at radius 2 is 2.06 bits per heavy atom. The van der Waals surface area contributed by atoms with E-state index < -0.39 is 18.3 Å². The zero-order chi connectivity index (χ0) is 22.2. The number of aromatic nitrogens is 2. The highest BCUT2D eigenvalue weighted by Gasteiger charge is 2.52. The third kappa shape index (κ3) is 3.64. The summed E-state index contributed by atoms with van der Waals surface area (Å²) < 4.78 is 42.6. The number of rotatable bonds is 2. The normalized spacial score (nSPS) is 31.9. The average molecular weight is 453 g/mol. The first-order chi connectivity index (χ1) is 14.4. The van der Waals surface area contributed by atoms with Crippen LogP contribution in [-0.2, 0) is 0 Å². The minimum Gasteiger partial charge on any atom is -0.363 e. The van der Waals surface area contributed by atoms with Gasteiger partial charge >= 0.3 is 6.18 Å². The van der Waals surface area contributed by atoms with E-state index in [2.05, 4.69) is 31.2 Å². The van der Waals surface area contributed by atoms with Gasteiger partial charge in [0.2, 0.25) is 0 Å². The number of alkyl halides is 3. The summed E-state index contributed by atoms with van der Waals surface area (Å²) in [6.07, 6.45) is -1.70. The highest BCUT2D eigenvalue weighted by Crippen LogP contribution is 2.53. The molecular formula is C22H27F3N4OS. The van der Waals surface area contributed by atoms with E-state index in [4.69, 9.17) is 0 Å². The highest BCUT2D eigenvalue weighted by atomic mass is 32.1. The number of anilines is 1. The van der Waals surface area contributed by atoms with E-state index >= 15 is 0 Å². The lowest BCUT2D eigenvalue weighted by atomic mass is 9.65. The fourth-order valence-corrected chi connectivity index (χ4v) is 6.99. The molecule has 2 aromatic rings. The van der Waals surface area contributed by atoms with Crippen molar-refractivity contribution in [2.75, 3.05) is 11.9 Å². The van der Waals surface area contributed by atoms with E-state index in [1.807, 2.05) is 22.4 Å². The lowest BCUT2D eigenvalue weighted by molar-refractivity contribution is -0.173. The van der Waals surface area contributed by atoms with Crippen molar-refractivity contribution in [3.63, 3.8) is 0 Å². The minimum absolute atomic E-state index is 0.0540. The van der Waals surface area contributed by atoms with Gasteiger partial charge in [-0.15, -0.1) is 11.3 Å². The molecule has 5 rings (SSSR count). The number of amides is 1. The molecule has 3 aliphatic rings. The van der Waals surface area contributed by atoms with Gasteiger partial charge in [0.1, 0.15) is 5.82 Å². The van der Waals surface area contributed by atoms with E-state index in [9.17, 15) is 18.0 Å². The molecule has 2 aromatic heterocycles. The van der Waals surface area contributed by atoms with E-state index in [1.165, 1.54) is 17.4 Å². The smallest absolute Gasteiger partial charge is 0.363 e. The third-order valence-electron chi connectivity index (χ3n) is 6.97. The molecule has 1 saturated carbocycles. The van der Waals surface area contributed by atoms with Gasteiger partial charge in [-0.1, -0.05) is 26.8 Å². The van der Waals surface area contributed by atoms with Crippen LogP contribution in [0.25, 0.3) is 0 Å². The molecule has 1 aliphatic carbocycles. The van der Waals surface area contributed by atoms with Crippen molar-refractivity contribution in [3.8, 4) is 0 Å². The number of carbonyl (C=O) groups is 1. The molecule has 31 heavy (non-hydrogen) atoms. The van der Waals surface area contributed by atoms with Crippen molar-refractivity contribution in [3.05, 3.63) is 34.2 Å². The summed E-state index contributed by atoms with van der Waals surface area (Å²) in [6, 6.07) is 3.07. The van der Waals surface area contributed by atoms with Crippen LogP contribution in [0.5, 0.6) is 0 Å². The van der Waals surface area contributed by atoms with E-state index in [0.717, 1.165) is 28.8 Å². The number of nitrogens with zero attached hydrogens (tertiary/aromatic N) is 3. The van der Waals surface area contributed by atoms with Gasteiger partial charge in [0.15, 0.2) is 11.7 Å². The van der Waals surface area contributed by atoms with Gasteiger partial charge < -0.3 is 10.2 Å². The molecule has 2 fully saturated rings. The predicted octanol–water partition coefficient (Wildman–Crippen LogP) is 5.65. The molecule has 0 aromatic carbocycles. The van der Waals surface area contributed by atoms with Crippen molar-refractivity contribution in [1.29, 1.82) is 0 Å². The summed E-state index contributed by atoms with van der Waals surface area (Å²) >= 11 is 1.43. The topological polar surface area (TPSA) is 50.2 Å². The highest BCUT2D eigenvalue weighted by molar-refractivity contribution is 7.10. The van der Waals surface area contributed by atoms with E-state index in [-0.39, 0.29) is 40.7 Å². The second kappa shape index (κ2) is 6.73. The SMILES string of the molecule is CC1(C)C[C@@H]2C[C@@](C)(CN2C(=O)c2cc3n(n2)[C@H](C(F)(F)F)C[C@H](c2cccs2)N3)C1. The molecular weight excluding hydrogens is 425 g/mol. The van der Waals surface area contributed by atoms with Crippen LogP contribution in [-0.4, -0.2) is 39.4 Å². The lowest BCUT2D eigenvalue weighted by Gasteiger charge is -2.39. The van der Waals surface area contributed by atoms with Crippen molar-refractivity contribution in [1.82, 2.24) is 14.7 Å². The Morgan fingerprint density at radius 3 is 2.74 bits per heavy atom. The number of hydrogen-bond acceptors (Lipinski definition) is 4. The summed E-state index contributed by atoms with van der Waals surface area (Å²) in [7, 11) is 0. The van der Waals surface area contributed by atoms with Crippen molar-refractivity contribution in [2.45, 2.75) is 70.8 Å². The Labute approximate surface area is 183 Å².